The van der Waals surface area contributed by atoms with Crippen LogP contribution in [0.5, 0.6) is 0 Å². The number of nitrogen functional groups attached to an aromatic ring is 1. The Bertz CT molecular complexity index is 545. The van der Waals surface area contributed by atoms with Crippen LogP contribution in [0.15, 0.2) is 6.20 Å². The Labute approximate surface area is 143 Å². The number of ether oxygens (including phenoxy) is 1. The summed E-state index contributed by atoms with van der Waals surface area (Å²) in [6, 6.07) is 0.820. The fourth-order valence-corrected chi connectivity index (χ4v) is 3.80. The highest BCUT2D eigenvalue weighted by atomic mass is 16.5. The van der Waals surface area contributed by atoms with Crippen molar-refractivity contribution in [3.63, 3.8) is 0 Å². The van der Waals surface area contributed by atoms with Crippen LogP contribution in [0.3, 0.4) is 0 Å². The van der Waals surface area contributed by atoms with Gasteiger partial charge in [0, 0.05) is 38.8 Å². The number of piperazine rings is 1. The molecule has 0 atom stereocenters. The smallest absolute Gasteiger partial charge is 0.343 e. The molecule has 7 nitrogen and oxygen atoms in total. The normalized spacial score (nSPS) is 20.5. The molecule has 7 heteroatoms. The average molecular weight is 335 g/mol. The van der Waals surface area contributed by atoms with E-state index in [-0.39, 0.29) is 0 Å². The third kappa shape index (κ3) is 3.89. The van der Waals surface area contributed by atoms with Gasteiger partial charge in [0.2, 0.25) is 0 Å². The molecule has 3 rings (SSSR count). The molecule has 1 aromatic rings. The van der Waals surface area contributed by atoms with Crippen LogP contribution in [-0.4, -0.2) is 70.9 Å². The van der Waals surface area contributed by atoms with Gasteiger partial charge in [-0.1, -0.05) is 12.8 Å². The van der Waals surface area contributed by atoms with E-state index in [0.717, 1.165) is 38.8 Å². The van der Waals surface area contributed by atoms with Gasteiger partial charge < -0.3 is 10.5 Å². The summed E-state index contributed by atoms with van der Waals surface area (Å²) in [4.78, 5) is 16.9. The molecule has 0 bridgehead atoms. The molecule has 0 aromatic carbocycles. The van der Waals surface area contributed by atoms with Crippen LogP contribution in [0.25, 0.3) is 0 Å². The minimum atomic E-state index is -0.397. The number of nitrogens with two attached hydrogens (primary N) is 1. The summed E-state index contributed by atoms with van der Waals surface area (Å²) in [5.41, 5.74) is 6.39. The Kier molecular flexibility index (Phi) is 5.73. The van der Waals surface area contributed by atoms with E-state index in [1.165, 1.54) is 31.9 Å². The van der Waals surface area contributed by atoms with Crippen molar-refractivity contribution in [1.29, 1.82) is 0 Å². The third-order valence-electron chi connectivity index (χ3n) is 5.25. The number of esters is 1. The van der Waals surface area contributed by atoms with Crippen molar-refractivity contribution >= 4 is 11.8 Å². The molecule has 1 aliphatic carbocycles. The fraction of sp³-hybridized carbons (Fsp3) is 0.765. The molecule has 0 radical (unpaired) electrons. The SMILES string of the molecule is CCOC(=O)c1cnn(CCN2CCN(C3CCCC3)CC2)c1N. The van der Waals surface area contributed by atoms with Gasteiger partial charge in [-0.05, 0) is 19.8 Å². The second kappa shape index (κ2) is 7.98. The van der Waals surface area contributed by atoms with E-state index in [2.05, 4.69) is 14.9 Å². The predicted octanol–water partition coefficient (Wildman–Crippen LogP) is 1.20. The molecule has 1 saturated heterocycles. The molecule has 2 heterocycles. The summed E-state index contributed by atoms with van der Waals surface area (Å²) >= 11 is 0. The van der Waals surface area contributed by atoms with Crippen molar-refractivity contribution in [1.82, 2.24) is 19.6 Å². The number of hydrogen-bond acceptors (Lipinski definition) is 6. The van der Waals surface area contributed by atoms with Crippen molar-refractivity contribution in [3.05, 3.63) is 11.8 Å². The van der Waals surface area contributed by atoms with E-state index in [9.17, 15) is 4.79 Å². The van der Waals surface area contributed by atoms with Crippen molar-refractivity contribution < 1.29 is 9.53 Å². The van der Waals surface area contributed by atoms with E-state index in [1.54, 1.807) is 11.6 Å². The van der Waals surface area contributed by atoms with Crippen molar-refractivity contribution in [2.75, 3.05) is 45.1 Å². The molecule has 0 unspecified atom stereocenters. The topological polar surface area (TPSA) is 76.6 Å². The Balaban J connectivity index is 1.46. The van der Waals surface area contributed by atoms with Crippen LogP contribution >= 0.6 is 0 Å². The largest absolute Gasteiger partial charge is 0.462 e. The maximum atomic E-state index is 11.8. The summed E-state index contributed by atoms with van der Waals surface area (Å²) in [5.74, 6) is 0.00414. The van der Waals surface area contributed by atoms with E-state index in [0.29, 0.717) is 24.5 Å². The third-order valence-corrected chi connectivity index (χ3v) is 5.25. The predicted molar refractivity (Wildman–Crippen MR) is 92.9 cm³/mol. The molecular weight excluding hydrogens is 306 g/mol. The number of rotatable bonds is 6. The van der Waals surface area contributed by atoms with E-state index in [4.69, 9.17) is 10.5 Å². The molecule has 2 aliphatic rings. The zero-order chi connectivity index (χ0) is 16.9. The minimum absolute atomic E-state index is 0.342. The minimum Gasteiger partial charge on any atom is -0.462 e. The molecule has 1 saturated carbocycles. The first-order valence-corrected chi connectivity index (χ1v) is 9.14. The Morgan fingerprint density at radius 2 is 1.96 bits per heavy atom. The summed E-state index contributed by atoms with van der Waals surface area (Å²) in [6.45, 7) is 8.26. The van der Waals surface area contributed by atoms with Crippen molar-refractivity contribution in [2.45, 2.75) is 45.2 Å². The van der Waals surface area contributed by atoms with Crippen LogP contribution in [0, 0.1) is 0 Å². The zero-order valence-electron chi connectivity index (χ0n) is 14.6. The highest BCUT2D eigenvalue weighted by Crippen LogP contribution is 2.24. The monoisotopic (exact) mass is 335 g/mol. The van der Waals surface area contributed by atoms with Crippen LogP contribution in [0.4, 0.5) is 5.82 Å². The lowest BCUT2D eigenvalue weighted by Crippen LogP contribution is -2.50. The molecule has 2 N–H and O–H groups in total. The lowest BCUT2D eigenvalue weighted by atomic mass is 10.2. The molecule has 134 valence electrons. The molecule has 1 aliphatic heterocycles. The fourth-order valence-electron chi connectivity index (χ4n) is 3.80. The van der Waals surface area contributed by atoms with Crippen LogP contribution in [-0.2, 0) is 11.3 Å². The lowest BCUT2D eigenvalue weighted by molar-refractivity contribution is 0.0527. The van der Waals surface area contributed by atoms with Gasteiger partial charge in [0.25, 0.3) is 0 Å². The quantitative estimate of drug-likeness (QED) is 0.787. The number of hydrogen-bond donors (Lipinski definition) is 1. The van der Waals surface area contributed by atoms with Gasteiger partial charge in [-0.25, -0.2) is 9.48 Å². The second-order valence-electron chi connectivity index (χ2n) is 6.70. The Hall–Kier alpha value is -1.60. The average Bonchev–Trinajstić information content (AvgIpc) is 3.24. The van der Waals surface area contributed by atoms with Gasteiger partial charge in [0.05, 0.1) is 19.3 Å². The summed E-state index contributed by atoms with van der Waals surface area (Å²) in [7, 11) is 0. The van der Waals surface area contributed by atoms with Gasteiger partial charge in [0.15, 0.2) is 0 Å². The standard InChI is InChI=1S/C17H29N5O2/c1-2-24-17(23)15-13-19-22(16(15)18)12-9-20-7-10-21(11-8-20)14-5-3-4-6-14/h13-14H,2-12,18H2,1H3. The van der Waals surface area contributed by atoms with E-state index < -0.39 is 5.97 Å². The lowest BCUT2D eigenvalue weighted by Gasteiger charge is -2.38. The maximum Gasteiger partial charge on any atom is 0.343 e. The van der Waals surface area contributed by atoms with Gasteiger partial charge in [-0.2, -0.15) is 5.10 Å². The van der Waals surface area contributed by atoms with Crippen molar-refractivity contribution in [2.24, 2.45) is 0 Å². The zero-order valence-corrected chi connectivity index (χ0v) is 14.6. The van der Waals surface area contributed by atoms with Gasteiger partial charge >= 0.3 is 5.97 Å². The summed E-state index contributed by atoms with van der Waals surface area (Å²) in [5, 5.41) is 4.24. The van der Waals surface area contributed by atoms with Gasteiger partial charge in [-0.15, -0.1) is 0 Å². The second-order valence-corrected chi connectivity index (χ2v) is 6.70. The van der Waals surface area contributed by atoms with Crippen LogP contribution in [0.1, 0.15) is 43.0 Å². The van der Waals surface area contributed by atoms with Gasteiger partial charge in [-0.3, -0.25) is 9.80 Å². The number of nitrogens with zero attached hydrogens (tertiary/aromatic N) is 4. The number of carbonyl (C=O) groups is 1. The Morgan fingerprint density at radius 3 is 2.62 bits per heavy atom. The molecule has 0 amide bonds. The first-order chi connectivity index (χ1) is 11.7. The number of aromatic nitrogens is 2. The maximum absolute atomic E-state index is 11.8. The molecular formula is C17H29N5O2. The summed E-state index contributed by atoms with van der Waals surface area (Å²) in [6.07, 6.45) is 7.05. The molecule has 2 fully saturated rings. The van der Waals surface area contributed by atoms with Crippen molar-refractivity contribution in [3.8, 4) is 0 Å². The highest BCUT2D eigenvalue weighted by molar-refractivity contribution is 5.93. The molecule has 1 aromatic heterocycles. The molecule has 0 spiro atoms. The van der Waals surface area contributed by atoms with Crippen LogP contribution < -0.4 is 5.73 Å². The first kappa shape index (κ1) is 17.2. The van der Waals surface area contributed by atoms with E-state index >= 15 is 0 Å². The first-order valence-electron chi connectivity index (χ1n) is 9.14. The number of anilines is 1. The van der Waals surface area contributed by atoms with E-state index in [1.807, 2.05) is 0 Å². The Morgan fingerprint density at radius 1 is 1.25 bits per heavy atom. The van der Waals surface area contributed by atoms with Crippen LogP contribution in [0.2, 0.25) is 0 Å². The number of carbonyl (C=O) groups excluding carboxylic acids is 1. The van der Waals surface area contributed by atoms with Gasteiger partial charge in [0.1, 0.15) is 11.4 Å². The summed E-state index contributed by atoms with van der Waals surface area (Å²) < 4.78 is 6.69. The highest BCUT2D eigenvalue weighted by Gasteiger charge is 2.26. The molecule has 24 heavy (non-hydrogen) atoms.